The molecule has 0 spiro atoms. The highest BCUT2D eigenvalue weighted by Crippen LogP contribution is 2.28. The highest BCUT2D eigenvalue weighted by molar-refractivity contribution is 7.89. The molecule has 0 aromatic heterocycles. The quantitative estimate of drug-likeness (QED) is 0.724. The maximum absolute atomic E-state index is 12.8. The van der Waals surface area contributed by atoms with Crippen molar-refractivity contribution in [1.82, 2.24) is 9.62 Å². The van der Waals surface area contributed by atoms with Gasteiger partial charge in [-0.2, -0.15) is 4.31 Å². The van der Waals surface area contributed by atoms with E-state index in [0.29, 0.717) is 43.8 Å². The fourth-order valence-electron chi connectivity index (χ4n) is 3.73. The lowest BCUT2D eigenvalue weighted by Gasteiger charge is -2.26. The van der Waals surface area contributed by atoms with E-state index >= 15 is 0 Å². The van der Waals surface area contributed by atoms with E-state index in [-0.39, 0.29) is 16.6 Å². The number of carbonyl (C=O) groups excluding carboxylic acids is 1. The Morgan fingerprint density at radius 1 is 1.18 bits per heavy atom. The molecule has 0 atom stereocenters. The standard InChI is InChI=1S/C19H28ClN3O4S/c20-17-7-6-16(28(25,26)23-10-12-27-13-11-23)14-18(17)22-19(24)21-9-8-15-4-2-1-3-5-15/h6-7,14-15H,1-5,8-13H2,(H2,21,22,24). The van der Waals surface area contributed by atoms with Crippen molar-refractivity contribution >= 4 is 33.3 Å². The molecule has 2 aliphatic rings. The number of nitrogens with zero attached hydrogens (tertiary/aromatic N) is 1. The van der Waals surface area contributed by atoms with E-state index in [2.05, 4.69) is 10.6 Å². The van der Waals surface area contributed by atoms with E-state index in [1.807, 2.05) is 0 Å². The van der Waals surface area contributed by atoms with Gasteiger partial charge < -0.3 is 15.4 Å². The molecule has 1 heterocycles. The van der Waals surface area contributed by atoms with Crippen LogP contribution in [0.2, 0.25) is 5.02 Å². The predicted molar refractivity (Wildman–Crippen MR) is 109 cm³/mol. The van der Waals surface area contributed by atoms with Crippen LogP contribution in [0.3, 0.4) is 0 Å². The Bertz CT molecular complexity index is 775. The average molecular weight is 430 g/mol. The molecule has 2 amide bonds. The Labute approximate surface area is 171 Å². The summed E-state index contributed by atoms with van der Waals surface area (Å²) in [4.78, 5) is 12.3. The molecule has 2 fully saturated rings. The van der Waals surface area contributed by atoms with Crippen LogP contribution in [0.4, 0.5) is 10.5 Å². The molecule has 28 heavy (non-hydrogen) atoms. The number of morpholine rings is 1. The average Bonchev–Trinajstić information content (AvgIpc) is 2.71. The van der Waals surface area contributed by atoms with Crippen LogP contribution in [-0.2, 0) is 14.8 Å². The minimum atomic E-state index is -3.65. The Balaban J connectivity index is 1.58. The number of carbonyl (C=O) groups is 1. The number of benzene rings is 1. The molecule has 0 bridgehead atoms. The first-order valence-corrected chi connectivity index (χ1v) is 11.7. The van der Waals surface area contributed by atoms with Gasteiger partial charge in [-0.1, -0.05) is 43.7 Å². The lowest BCUT2D eigenvalue weighted by atomic mass is 9.87. The zero-order valence-corrected chi connectivity index (χ0v) is 17.5. The van der Waals surface area contributed by atoms with Crippen LogP contribution >= 0.6 is 11.6 Å². The topological polar surface area (TPSA) is 87.7 Å². The molecule has 3 rings (SSSR count). The molecule has 2 N–H and O–H groups in total. The van der Waals surface area contributed by atoms with Crippen molar-refractivity contribution in [2.75, 3.05) is 38.2 Å². The summed E-state index contributed by atoms with van der Waals surface area (Å²) < 4.78 is 32.2. The minimum Gasteiger partial charge on any atom is -0.379 e. The molecular weight excluding hydrogens is 402 g/mol. The number of anilines is 1. The molecule has 156 valence electrons. The predicted octanol–water partition coefficient (Wildman–Crippen LogP) is 3.45. The maximum atomic E-state index is 12.8. The number of amides is 2. The van der Waals surface area contributed by atoms with E-state index in [9.17, 15) is 13.2 Å². The summed E-state index contributed by atoms with van der Waals surface area (Å²) in [5, 5.41) is 5.81. The molecule has 7 nitrogen and oxygen atoms in total. The van der Waals surface area contributed by atoms with Crippen molar-refractivity contribution in [2.24, 2.45) is 5.92 Å². The van der Waals surface area contributed by atoms with Gasteiger partial charge in [0.2, 0.25) is 10.0 Å². The second kappa shape index (κ2) is 9.91. The van der Waals surface area contributed by atoms with Crippen LogP contribution in [0.25, 0.3) is 0 Å². The second-order valence-corrected chi connectivity index (χ2v) is 9.68. The molecular formula is C19H28ClN3O4S. The third kappa shape index (κ3) is 5.59. The normalized spacial score (nSPS) is 19.3. The van der Waals surface area contributed by atoms with Crippen molar-refractivity contribution < 1.29 is 17.9 Å². The van der Waals surface area contributed by atoms with Crippen LogP contribution in [0.15, 0.2) is 23.1 Å². The first kappa shape index (κ1) is 21.4. The Hall–Kier alpha value is -1.35. The number of ether oxygens (including phenoxy) is 1. The van der Waals surface area contributed by atoms with Crippen molar-refractivity contribution in [3.8, 4) is 0 Å². The smallest absolute Gasteiger partial charge is 0.319 e. The van der Waals surface area contributed by atoms with E-state index in [0.717, 1.165) is 6.42 Å². The van der Waals surface area contributed by atoms with Gasteiger partial charge in [-0.05, 0) is 30.5 Å². The summed E-state index contributed by atoms with van der Waals surface area (Å²) in [5.41, 5.74) is 0.283. The zero-order valence-electron chi connectivity index (χ0n) is 16.0. The molecule has 1 aromatic carbocycles. The van der Waals surface area contributed by atoms with Gasteiger partial charge in [0, 0.05) is 19.6 Å². The van der Waals surface area contributed by atoms with Gasteiger partial charge in [-0.3, -0.25) is 0 Å². The van der Waals surface area contributed by atoms with Crippen molar-refractivity contribution in [3.05, 3.63) is 23.2 Å². The lowest BCUT2D eigenvalue weighted by molar-refractivity contribution is 0.0730. The van der Waals surface area contributed by atoms with E-state index in [4.69, 9.17) is 16.3 Å². The highest BCUT2D eigenvalue weighted by Gasteiger charge is 2.27. The third-order valence-electron chi connectivity index (χ3n) is 5.36. The first-order valence-electron chi connectivity index (χ1n) is 9.89. The Kier molecular flexibility index (Phi) is 7.56. The molecule has 1 saturated carbocycles. The summed E-state index contributed by atoms with van der Waals surface area (Å²) in [6, 6.07) is 3.98. The summed E-state index contributed by atoms with van der Waals surface area (Å²) in [5.74, 6) is 0.680. The van der Waals surface area contributed by atoms with Crippen molar-refractivity contribution in [1.29, 1.82) is 0 Å². The summed E-state index contributed by atoms with van der Waals surface area (Å²) in [7, 11) is -3.65. The van der Waals surface area contributed by atoms with E-state index in [1.165, 1.54) is 54.6 Å². The SMILES string of the molecule is O=C(NCCC1CCCCC1)Nc1cc(S(=O)(=O)N2CCOCC2)ccc1Cl. The largest absolute Gasteiger partial charge is 0.379 e. The van der Waals surface area contributed by atoms with Crippen LogP contribution in [0.5, 0.6) is 0 Å². The molecule has 0 radical (unpaired) electrons. The molecule has 0 unspecified atom stereocenters. The van der Waals surface area contributed by atoms with Crippen molar-refractivity contribution in [3.63, 3.8) is 0 Å². The van der Waals surface area contributed by atoms with Crippen molar-refractivity contribution in [2.45, 2.75) is 43.4 Å². The fourth-order valence-corrected chi connectivity index (χ4v) is 5.33. The number of nitrogens with one attached hydrogen (secondary N) is 2. The number of hydrogen-bond donors (Lipinski definition) is 2. The molecule has 1 saturated heterocycles. The zero-order chi connectivity index (χ0) is 20.0. The fraction of sp³-hybridized carbons (Fsp3) is 0.632. The number of rotatable bonds is 6. The van der Waals surface area contributed by atoms with Crippen LogP contribution in [-0.4, -0.2) is 51.6 Å². The van der Waals surface area contributed by atoms with E-state index in [1.54, 1.807) is 0 Å². The second-order valence-electron chi connectivity index (χ2n) is 7.33. The third-order valence-corrected chi connectivity index (χ3v) is 7.58. The number of halogens is 1. The van der Waals surface area contributed by atoms with Crippen LogP contribution in [0, 0.1) is 5.92 Å². The van der Waals surface area contributed by atoms with Gasteiger partial charge in [0.1, 0.15) is 0 Å². The molecule has 9 heteroatoms. The van der Waals surface area contributed by atoms with Crippen LogP contribution < -0.4 is 10.6 Å². The molecule has 1 aliphatic heterocycles. The van der Waals surface area contributed by atoms with Gasteiger partial charge in [0.25, 0.3) is 0 Å². The summed E-state index contributed by atoms with van der Waals surface area (Å²) in [6.45, 7) is 1.98. The van der Waals surface area contributed by atoms with Gasteiger partial charge in [0.05, 0.1) is 28.8 Å². The Morgan fingerprint density at radius 3 is 2.61 bits per heavy atom. The van der Waals surface area contributed by atoms with Gasteiger partial charge in [-0.15, -0.1) is 0 Å². The lowest BCUT2D eigenvalue weighted by Crippen LogP contribution is -2.40. The van der Waals surface area contributed by atoms with Gasteiger partial charge in [-0.25, -0.2) is 13.2 Å². The first-order chi connectivity index (χ1) is 13.5. The number of sulfonamides is 1. The highest BCUT2D eigenvalue weighted by atomic mass is 35.5. The van der Waals surface area contributed by atoms with Gasteiger partial charge >= 0.3 is 6.03 Å². The summed E-state index contributed by atoms with van der Waals surface area (Å²) in [6.07, 6.45) is 7.29. The number of urea groups is 1. The van der Waals surface area contributed by atoms with Crippen LogP contribution in [0.1, 0.15) is 38.5 Å². The van der Waals surface area contributed by atoms with E-state index < -0.39 is 10.0 Å². The molecule has 1 aromatic rings. The maximum Gasteiger partial charge on any atom is 0.319 e. The Morgan fingerprint density at radius 2 is 1.89 bits per heavy atom. The van der Waals surface area contributed by atoms with Gasteiger partial charge in [0.15, 0.2) is 0 Å². The number of hydrogen-bond acceptors (Lipinski definition) is 4. The monoisotopic (exact) mass is 429 g/mol. The minimum absolute atomic E-state index is 0.108. The summed E-state index contributed by atoms with van der Waals surface area (Å²) >= 11 is 6.16. The molecule has 1 aliphatic carbocycles.